The van der Waals surface area contributed by atoms with E-state index in [-0.39, 0.29) is 25.2 Å². The normalized spacial score (nSPS) is 12.1. The van der Waals surface area contributed by atoms with Gasteiger partial charge in [0.2, 0.25) is 0 Å². The van der Waals surface area contributed by atoms with Crippen LogP contribution < -0.4 is 0 Å². The van der Waals surface area contributed by atoms with E-state index in [0.717, 1.165) is 38.0 Å². The molecule has 0 saturated heterocycles. The van der Waals surface area contributed by atoms with Gasteiger partial charge in [-0.1, -0.05) is 156 Å². The first kappa shape index (κ1) is 37.9. The number of hydrogen-bond donors (Lipinski definition) is 1. The van der Waals surface area contributed by atoms with Gasteiger partial charge in [0.05, 0.1) is 0 Å². The van der Waals surface area contributed by atoms with Gasteiger partial charge in [0.25, 0.3) is 0 Å². The fourth-order valence-corrected chi connectivity index (χ4v) is 4.92. The third-order valence-electron chi connectivity index (χ3n) is 7.52. The molecule has 0 heterocycles. The Bertz CT molecular complexity index is 534. The van der Waals surface area contributed by atoms with Crippen molar-refractivity contribution < 1.29 is 24.2 Å². The quantitative estimate of drug-likeness (QED) is 0.0706. The van der Waals surface area contributed by atoms with Gasteiger partial charge >= 0.3 is 11.9 Å². The molecule has 39 heavy (non-hydrogen) atoms. The fourth-order valence-electron chi connectivity index (χ4n) is 4.92. The number of aliphatic hydroxyl groups excluding tert-OH is 1. The van der Waals surface area contributed by atoms with Crippen LogP contribution in [0.3, 0.4) is 0 Å². The van der Waals surface area contributed by atoms with E-state index in [1.54, 1.807) is 0 Å². The highest BCUT2D eigenvalue weighted by Gasteiger charge is 2.12. The van der Waals surface area contributed by atoms with Gasteiger partial charge in [-0.05, 0) is 18.8 Å². The molecule has 0 aliphatic carbocycles. The summed E-state index contributed by atoms with van der Waals surface area (Å²) in [5.41, 5.74) is 0. The third-order valence-corrected chi connectivity index (χ3v) is 7.52. The minimum atomic E-state index is -0.953. The molecule has 5 heteroatoms. The molecule has 0 bridgehead atoms. The van der Waals surface area contributed by atoms with Crippen molar-refractivity contribution in [1.82, 2.24) is 0 Å². The smallest absolute Gasteiger partial charge is 0.305 e. The first-order chi connectivity index (χ1) is 19.0. The molecule has 5 nitrogen and oxygen atoms in total. The highest BCUT2D eigenvalue weighted by Crippen LogP contribution is 2.15. The Labute approximate surface area is 242 Å². The zero-order chi connectivity index (χ0) is 28.8. The number of ether oxygens (including phenoxy) is 2. The van der Waals surface area contributed by atoms with Gasteiger partial charge in [0.15, 0.2) is 0 Å². The van der Waals surface area contributed by atoms with Gasteiger partial charge in [-0.25, -0.2) is 0 Å². The molecule has 0 fully saturated rings. The number of aliphatic hydroxyl groups is 1. The first-order valence-electron chi connectivity index (χ1n) is 16.9. The second-order valence-electron chi connectivity index (χ2n) is 12.1. The molecule has 0 spiro atoms. The highest BCUT2D eigenvalue weighted by atomic mass is 16.6. The maximum atomic E-state index is 11.9. The predicted molar refractivity (Wildman–Crippen MR) is 164 cm³/mol. The molecule has 0 aromatic rings. The molecule has 1 N–H and O–H groups in total. The van der Waals surface area contributed by atoms with Crippen LogP contribution >= 0.6 is 0 Å². The van der Waals surface area contributed by atoms with Crippen molar-refractivity contribution in [3.63, 3.8) is 0 Å². The second kappa shape index (κ2) is 29.9. The molecule has 0 aromatic heterocycles. The van der Waals surface area contributed by atoms with Crippen molar-refractivity contribution in [1.29, 1.82) is 0 Å². The number of esters is 2. The van der Waals surface area contributed by atoms with Gasteiger partial charge in [0.1, 0.15) is 19.3 Å². The Balaban J connectivity index is 3.39. The van der Waals surface area contributed by atoms with Crippen LogP contribution in [0.5, 0.6) is 0 Å². The van der Waals surface area contributed by atoms with Crippen LogP contribution in [0.25, 0.3) is 0 Å². The van der Waals surface area contributed by atoms with Crippen LogP contribution in [-0.4, -0.2) is 36.4 Å². The van der Waals surface area contributed by atoms with Crippen LogP contribution in [0, 0.1) is 5.92 Å². The predicted octanol–water partition coefficient (Wildman–Crippen LogP) is 9.86. The van der Waals surface area contributed by atoms with Crippen molar-refractivity contribution >= 4 is 11.9 Å². The second-order valence-corrected chi connectivity index (χ2v) is 12.1. The number of hydrogen-bond acceptors (Lipinski definition) is 5. The van der Waals surface area contributed by atoms with Crippen molar-refractivity contribution in [2.24, 2.45) is 5.92 Å². The van der Waals surface area contributed by atoms with Gasteiger partial charge in [-0.2, -0.15) is 0 Å². The van der Waals surface area contributed by atoms with E-state index in [4.69, 9.17) is 9.47 Å². The molecule has 0 amide bonds. The molecule has 0 rings (SSSR count). The van der Waals surface area contributed by atoms with E-state index >= 15 is 0 Å². The summed E-state index contributed by atoms with van der Waals surface area (Å²) in [6.07, 6.45) is 28.7. The van der Waals surface area contributed by atoms with Crippen molar-refractivity contribution in [2.45, 2.75) is 187 Å². The molecular formula is C34H66O5. The summed E-state index contributed by atoms with van der Waals surface area (Å²) in [6.45, 7) is 6.63. The summed E-state index contributed by atoms with van der Waals surface area (Å²) in [4.78, 5) is 23.7. The standard InChI is InChI=1S/C34H66O5/c1-4-5-6-7-8-14-18-21-24-27-33(36)38-29-32(35)30-39-34(37)28-25-22-19-16-13-11-9-10-12-15-17-20-23-26-31(2)3/h31-32,35H,4-30H2,1-3H3/t32-/m1/s1. The zero-order valence-corrected chi connectivity index (χ0v) is 26.3. The maximum absolute atomic E-state index is 11.9. The van der Waals surface area contributed by atoms with E-state index in [0.29, 0.717) is 12.8 Å². The minimum Gasteiger partial charge on any atom is -0.463 e. The first-order valence-corrected chi connectivity index (χ1v) is 16.9. The van der Waals surface area contributed by atoms with Crippen LogP contribution in [0.1, 0.15) is 181 Å². The highest BCUT2D eigenvalue weighted by molar-refractivity contribution is 5.69. The van der Waals surface area contributed by atoms with Crippen LogP contribution in [0.15, 0.2) is 0 Å². The van der Waals surface area contributed by atoms with E-state index in [2.05, 4.69) is 20.8 Å². The minimum absolute atomic E-state index is 0.109. The molecule has 0 saturated carbocycles. The van der Waals surface area contributed by atoms with Gasteiger partial charge < -0.3 is 14.6 Å². The van der Waals surface area contributed by atoms with Gasteiger partial charge in [-0.15, -0.1) is 0 Å². The third kappa shape index (κ3) is 31.3. The lowest BCUT2D eigenvalue weighted by Crippen LogP contribution is -2.25. The molecule has 0 radical (unpaired) electrons. The van der Waals surface area contributed by atoms with Crippen LogP contribution in [-0.2, 0) is 19.1 Å². The van der Waals surface area contributed by atoms with Crippen LogP contribution in [0.2, 0.25) is 0 Å². The lowest BCUT2D eigenvalue weighted by molar-refractivity contribution is -0.152. The van der Waals surface area contributed by atoms with Gasteiger partial charge in [-0.3, -0.25) is 9.59 Å². The van der Waals surface area contributed by atoms with E-state index in [9.17, 15) is 14.7 Å². The monoisotopic (exact) mass is 554 g/mol. The summed E-state index contributed by atoms with van der Waals surface area (Å²) < 4.78 is 10.3. The lowest BCUT2D eigenvalue weighted by Gasteiger charge is -2.12. The topological polar surface area (TPSA) is 72.8 Å². The Morgan fingerprint density at radius 2 is 0.821 bits per heavy atom. The summed E-state index contributed by atoms with van der Waals surface area (Å²) in [7, 11) is 0. The summed E-state index contributed by atoms with van der Waals surface area (Å²) in [5.74, 6) is 0.288. The summed E-state index contributed by atoms with van der Waals surface area (Å²) >= 11 is 0. The lowest BCUT2D eigenvalue weighted by atomic mass is 10.0. The number of carbonyl (C=O) groups excluding carboxylic acids is 2. The average Bonchev–Trinajstić information content (AvgIpc) is 2.91. The van der Waals surface area contributed by atoms with E-state index < -0.39 is 6.10 Å². The van der Waals surface area contributed by atoms with E-state index in [1.165, 1.54) is 116 Å². The fraction of sp³-hybridized carbons (Fsp3) is 0.941. The van der Waals surface area contributed by atoms with E-state index in [1.807, 2.05) is 0 Å². The van der Waals surface area contributed by atoms with Crippen LogP contribution in [0.4, 0.5) is 0 Å². The van der Waals surface area contributed by atoms with Crippen molar-refractivity contribution in [3.8, 4) is 0 Å². The average molecular weight is 555 g/mol. The molecule has 232 valence electrons. The van der Waals surface area contributed by atoms with Crippen molar-refractivity contribution in [3.05, 3.63) is 0 Å². The summed E-state index contributed by atoms with van der Waals surface area (Å²) in [6, 6.07) is 0. The molecule has 0 aliphatic heterocycles. The molecule has 0 unspecified atom stereocenters. The summed E-state index contributed by atoms with van der Waals surface area (Å²) in [5, 5.41) is 9.94. The largest absolute Gasteiger partial charge is 0.463 e. The number of rotatable bonds is 30. The van der Waals surface area contributed by atoms with Crippen molar-refractivity contribution in [2.75, 3.05) is 13.2 Å². The molecule has 1 atom stereocenters. The number of unbranched alkanes of at least 4 members (excludes halogenated alkanes) is 20. The molecular weight excluding hydrogens is 488 g/mol. The zero-order valence-electron chi connectivity index (χ0n) is 26.3. The maximum Gasteiger partial charge on any atom is 0.305 e. The molecule has 0 aromatic carbocycles. The number of carbonyl (C=O) groups is 2. The Morgan fingerprint density at radius 3 is 1.15 bits per heavy atom. The Morgan fingerprint density at radius 1 is 0.513 bits per heavy atom. The van der Waals surface area contributed by atoms with Gasteiger partial charge in [0, 0.05) is 12.8 Å². The Kier molecular flexibility index (Phi) is 29.0. The SMILES string of the molecule is CCCCCCCCCCCC(=O)OC[C@@H](O)COC(=O)CCCCCCCCCCCCCCCC(C)C. The Hall–Kier alpha value is -1.10. The molecule has 0 aliphatic rings.